The van der Waals surface area contributed by atoms with Crippen molar-refractivity contribution in [1.29, 1.82) is 5.26 Å². The second-order valence-electron chi connectivity index (χ2n) is 4.47. The van der Waals surface area contributed by atoms with E-state index in [4.69, 9.17) is 33.7 Å². The molecule has 6 heteroatoms. The molecule has 1 heterocycles. The highest BCUT2D eigenvalue weighted by Crippen LogP contribution is 2.32. The third kappa shape index (κ3) is 3.61. The van der Waals surface area contributed by atoms with Gasteiger partial charge in [-0.15, -0.1) is 0 Å². The predicted molar refractivity (Wildman–Crippen MR) is 83.4 cm³/mol. The number of aromatic amines is 1. The number of benzene rings is 1. The molecule has 0 saturated heterocycles. The van der Waals surface area contributed by atoms with Gasteiger partial charge in [0, 0.05) is 18.4 Å². The van der Waals surface area contributed by atoms with Gasteiger partial charge in [0.2, 0.25) is 0 Å². The van der Waals surface area contributed by atoms with Gasteiger partial charge in [0.05, 0.1) is 5.02 Å². The molecular weight excluding hydrogens is 308 g/mol. The highest BCUT2D eigenvalue weighted by molar-refractivity contribution is 7.71. The number of rotatable bonds is 4. The summed E-state index contributed by atoms with van der Waals surface area (Å²) in [5.74, 6) is 0.811. The van der Waals surface area contributed by atoms with Crippen LogP contribution in [0, 0.1) is 22.9 Å². The van der Waals surface area contributed by atoms with Gasteiger partial charge >= 0.3 is 0 Å². The fraction of sp³-hybridized carbons (Fsp3) is 0.200. The van der Waals surface area contributed by atoms with Crippen LogP contribution in [0.15, 0.2) is 24.3 Å². The number of nitrogens with zero attached hydrogens (tertiary/aromatic N) is 1. The Morgan fingerprint density at radius 3 is 2.76 bits per heavy atom. The van der Waals surface area contributed by atoms with Crippen LogP contribution >= 0.6 is 23.8 Å². The molecule has 0 fully saturated rings. The number of aryl methyl sites for hydroxylation is 1. The second kappa shape index (κ2) is 6.72. The first-order valence-electron chi connectivity index (χ1n) is 6.26. The summed E-state index contributed by atoms with van der Waals surface area (Å²) in [4.78, 5) is 2.91. The predicted octanol–water partition coefficient (Wildman–Crippen LogP) is 3.90. The largest absolute Gasteiger partial charge is 0.454 e. The van der Waals surface area contributed by atoms with Crippen molar-refractivity contribution in [2.45, 2.75) is 13.3 Å². The monoisotopic (exact) mass is 320 g/mol. The summed E-state index contributed by atoms with van der Waals surface area (Å²) in [6.45, 7) is 1.89. The number of ether oxygens (including phenoxy) is 1. The molecule has 21 heavy (non-hydrogen) atoms. The number of halogens is 1. The molecule has 2 rings (SSSR count). The lowest BCUT2D eigenvalue weighted by Crippen LogP contribution is -1.95. The molecule has 0 unspecified atom stereocenters. The van der Waals surface area contributed by atoms with Crippen molar-refractivity contribution < 1.29 is 9.84 Å². The van der Waals surface area contributed by atoms with Gasteiger partial charge in [-0.3, -0.25) is 0 Å². The van der Waals surface area contributed by atoms with Crippen molar-refractivity contribution in [3.8, 4) is 17.6 Å². The zero-order chi connectivity index (χ0) is 15.4. The maximum atomic E-state index is 9.17. The van der Waals surface area contributed by atoms with Crippen molar-refractivity contribution in [1.82, 2.24) is 4.98 Å². The molecule has 0 bridgehead atoms. The summed E-state index contributed by atoms with van der Waals surface area (Å²) < 4.78 is 6.06. The third-order valence-corrected chi connectivity index (χ3v) is 3.46. The highest BCUT2D eigenvalue weighted by Gasteiger charge is 2.11. The Hall–Kier alpha value is -1.87. The van der Waals surface area contributed by atoms with Crippen LogP contribution in [0.4, 0.5) is 0 Å². The second-order valence-corrected chi connectivity index (χ2v) is 5.29. The van der Waals surface area contributed by atoms with Crippen molar-refractivity contribution in [3.05, 3.63) is 50.7 Å². The van der Waals surface area contributed by atoms with E-state index in [1.165, 1.54) is 0 Å². The minimum Gasteiger partial charge on any atom is -0.454 e. The van der Waals surface area contributed by atoms with Gasteiger partial charge < -0.3 is 14.8 Å². The van der Waals surface area contributed by atoms with E-state index < -0.39 is 0 Å². The molecule has 0 radical (unpaired) electrons. The van der Waals surface area contributed by atoms with Crippen LogP contribution in [-0.4, -0.2) is 16.7 Å². The molecular formula is C15H13ClN2O2S. The van der Waals surface area contributed by atoms with Crippen LogP contribution < -0.4 is 4.74 Å². The molecule has 0 amide bonds. The van der Waals surface area contributed by atoms with E-state index >= 15 is 0 Å². The molecule has 0 aliphatic rings. The molecule has 2 N–H and O–H groups in total. The lowest BCUT2D eigenvalue weighted by atomic mass is 10.1. The molecule has 0 aliphatic heterocycles. The fourth-order valence-electron chi connectivity index (χ4n) is 1.87. The fourth-order valence-corrected chi connectivity index (χ4v) is 2.42. The van der Waals surface area contributed by atoms with Crippen LogP contribution in [0.2, 0.25) is 5.02 Å². The van der Waals surface area contributed by atoms with Crippen LogP contribution in [-0.2, 0) is 6.42 Å². The van der Waals surface area contributed by atoms with Gasteiger partial charge in [0.15, 0.2) is 0 Å². The SMILES string of the molecule is Cc1cc(Oc2ccc(CCO)cc2Cl)c(C#N)c(=S)[nH]1. The van der Waals surface area contributed by atoms with Gasteiger partial charge in [-0.2, -0.15) is 5.26 Å². The van der Waals surface area contributed by atoms with Crippen LogP contribution in [0.1, 0.15) is 16.8 Å². The van der Waals surface area contributed by atoms with Gasteiger partial charge in [-0.05, 0) is 31.0 Å². The van der Waals surface area contributed by atoms with Crippen molar-refractivity contribution in [2.75, 3.05) is 6.61 Å². The zero-order valence-corrected chi connectivity index (χ0v) is 12.9. The van der Waals surface area contributed by atoms with Crippen molar-refractivity contribution >= 4 is 23.8 Å². The Morgan fingerprint density at radius 1 is 1.38 bits per heavy atom. The van der Waals surface area contributed by atoms with Crippen molar-refractivity contribution in [2.24, 2.45) is 0 Å². The normalized spacial score (nSPS) is 10.2. The molecule has 2 aromatic rings. The summed E-state index contributed by atoms with van der Waals surface area (Å²) in [6.07, 6.45) is 0.527. The van der Waals surface area contributed by atoms with E-state index in [9.17, 15) is 5.26 Å². The van der Waals surface area contributed by atoms with E-state index in [-0.39, 0.29) is 12.2 Å². The maximum Gasteiger partial charge on any atom is 0.150 e. The average molecular weight is 321 g/mol. The zero-order valence-electron chi connectivity index (χ0n) is 11.3. The Kier molecular flexibility index (Phi) is 4.97. The quantitative estimate of drug-likeness (QED) is 0.838. The highest BCUT2D eigenvalue weighted by atomic mass is 35.5. The van der Waals surface area contributed by atoms with Crippen molar-refractivity contribution in [3.63, 3.8) is 0 Å². The first-order chi connectivity index (χ1) is 10.0. The number of aromatic nitrogens is 1. The van der Waals surface area contributed by atoms with Gasteiger partial charge in [0.25, 0.3) is 0 Å². The molecule has 108 valence electrons. The number of H-pyrrole nitrogens is 1. The van der Waals surface area contributed by atoms with Crippen LogP contribution in [0.3, 0.4) is 0 Å². The van der Waals surface area contributed by atoms with E-state index in [1.807, 2.05) is 19.1 Å². The molecule has 0 aliphatic carbocycles. The Labute approximate surface area is 132 Å². The number of aliphatic hydroxyl groups is 1. The lowest BCUT2D eigenvalue weighted by molar-refractivity contribution is 0.299. The number of hydrogen-bond acceptors (Lipinski definition) is 4. The number of pyridine rings is 1. The summed E-state index contributed by atoms with van der Waals surface area (Å²) in [5.41, 5.74) is 1.98. The number of aliphatic hydroxyl groups excluding tert-OH is 1. The van der Waals surface area contributed by atoms with Crippen LogP contribution in [0.25, 0.3) is 0 Å². The first-order valence-corrected chi connectivity index (χ1v) is 7.05. The summed E-state index contributed by atoms with van der Waals surface area (Å²) in [5, 5.41) is 18.5. The summed E-state index contributed by atoms with van der Waals surface area (Å²) in [6, 6.07) is 8.99. The minimum atomic E-state index is 0.0577. The molecule has 0 atom stereocenters. The molecule has 1 aromatic carbocycles. The van der Waals surface area contributed by atoms with Gasteiger partial charge in [-0.1, -0.05) is 29.9 Å². The Balaban J connectivity index is 2.39. The van der Waals surface area contributed by atoms with E-state index in [0.29, 0.717) is 27.6 Å². The number of nitriles is 1. The standard InChI is InChI=1S/C15H13ClN2O2S/c1-9-6-14(11(8-17)15(21)18-9)20-13-3-2-10(4-5-19)7-12(13)16/h2-3,6-7,19H,4-5H2,1H3,(H,18,21). The van der Waals surface area contributed by atoms with E-state index in [1.54, 1.807) is 18.2 Å². The van der Waals surface area contributed by atoms with E-state index in [0.717, 1.165) is 11.3 Å². The Bertz CT molecular complexity index is 765. The summed E-state index contributed by atoms with van der Waals surface area (Å²) in [7, 11) is 0. The number of nitrogens with one attached hydrogen (secondary N) is 1. The molecule has 0 spiro atoms. The first kappa shape index (κ1) is 15.5. The Morgan fingerprint density at radius 2 is 2.14 bits per heavy atom. The van der Waals surface area contributed by atoms with E-state index in [2.05, 4.69) is 4.98 Å². The molecule has 1 aromatic heterocycles. The van der Waals surface area contributed by atoms with Gasteiger partial charge in [0.1, 0.15) is 27.8 Å². The van der Waals surface area contributed by atoms with Crippen LogP contribution in [0.5, 0.6) is 11.5 Å². The molecule has 4 nitrogen and oxygen atoms in total. The lowest BCUT2D eigenvalue weighted by Gasteiger charge is -2.11. The van der Waals surface area contributed by atoms with Gasteiger partial charge in [-0.25, -0.2) is 0 Å². The maximum absolute atomic E-state index is 9.17. The summed E-state index contributed by atoms with van der Waals surface area (Å²) >= 11 is 11.3. The topological polar surface area (TPSA) is 69.0 Å². The average Bonchev–Trinajstić information content (AvgIpc) is 2.42. The molecule has 0 saturated carbocycles. The number of hydrogen-bond donors (Lipinski definition) is 2. The third-order valence-electron chi connectivity index (χ3n) is 2.86. The smallest absolute Gasteiger partial charge is 0.150 e. The minimum absolute atomic E-state index is 0.0577.